The fraction of sp³-hybridized carbons (Fsp3) is 0.500. The standard InChI is InChI=1S/C16H20ClN3O3/c1-10-9-23-13(11-4-2-3-5-12(11)17)8-20(10)14(21)16(6-7-16)19-15(18)22/h2-5,10,13H,6-9H2,1H3,(H3,18,19,22)/t10-,13+/m1/s1. The molecule has 0 aromatic heterocycles. The van der Waals surface area contributed by atoms with Crippen molar-refractivity contribution in [2.75, 3.05) is 13.2 Å². The predicted octanol–water partition coefficient (Wildman–Crippen LogP) is 1.83. The molecule has 23 heavy (non-hydrogen) atoms. The molecule has 124 valence electrons. The van der Waals surface area contributed by atoms with Gasteiger partial charge < -0.3 is 20.7 Å². The smallest absolute Gasteiger partial charge is 0.313 e. The van der Waals surface area contributed by atoms with Crippen molar-refractivity contribution in [2.24, 2.45) is 5.73 Å². The molecule has 2 atom stereocenters. The molecule has 7 heteroatoms. The number of halogens is 1. The molecular formula is C16H20ClN3O3. The lowest BCUT2D eigenvalue weighted by atomic mass is 10.0. The number of hydrogen-bond donors (Lipinski definition) is 2. The van der Waals surface area contributed by atoms with E-state index in [4.69, 9.17) is 22.1 Å². The van der Waals surface area contributed by atoms with Crippen LogP contribution in [0.15, 0.2) is 24.3 Å². The minimum absolute atomic E-state index is 0.0617. The quantitative estimate of drug-likeness (QED) is 0.882. The number of hydrogen-bond acceptors (Lipinski definition) is 3. The largest absolute Gasteiger partial charge is 0.369 e. The minimum Gasteiger partial charge on any atom is -0.369 e. The van der Waals surface area contributed by atoms with Crippen LogP contribution in [0.3, 0.4) is 0 Å². The van der Waals surface area contributed by atoms with E-state index < -0.39 is 11.6 Å². The molecule has 6 nitrogen and oxygen atoms in total. The summed E-state index contributed by atoms with van der Waals surface area (Å²) < 4.78 is 5.86. The number of carbonyl (C=O) groups is 2. The van der Waals surface area contributed by atoms with Crippen LogP contribution >= 0.6 is 11.6 Å². The van der Waals surface area contributed by atoms with Crippen molar-refractivity contribution in [3.05, 3.63) is 34.9 Å². The number of nitrogens with zero attached hydrogens (tertiary/aromatic N) is 1. The molecule has 0 spiro atoms. The van der Waals surface area contributed by atoms with Gasteiger partial charge in [-0.05, 0) is 25.8 Å². The van der Waals surface area contributed by atoms with Gasteiger partial charge in [0.1, 0.15) is 11.6 Å². The number of primary amides is 1. The molecule has 1 aromatic rings. The molecule has 1 aromatic carbocycles. The van der Waals surface area contributed by atoms with Gasteiger partial charge in [0.15, 0.2) is 0 Å². The first-order valence-electron chi connectivity index (χ1n) is 7.68. The molecule has 1 aliphatic carbocycles. The molecule has 1 heterocycles. The number of carbonyl (C=O) groups excluding carboxylic acids is 2. The van der Waals surface area contributed by atoms with E-state index in [0.29, 0.717) is 31.0 Å². The third kappa shape index (κ3) is 3.14. The molecule has 1 aliphatic heterocycles. The maximum absolute atomic E-state index is 12.9. The second kappa shape index (κ2) is 6.02. The van der Waals surface area contributed by atoms with Gasteiger partial charge in [0.25, 0.3) is 0 Å². The van der Waals surface area contributed by atoms with Crippen LogP contribution in [0.25, 0.3) is 0 Å². The summed E-state index contributed by atoms with van der Waals surface area (Å²) in [6, 6.07) is 6.73. The molecule has 1 saturated carbocycles. The number of amides is 3. The Bertz CT molecular complexity index is 633. The molecule has 0 unspecified atom stereocenters. The Morgan fingerprint density at radius 3 is 2.70 bits per heavy atom. The van der Waals surface area contributed by atoms with Gasteiger partial charge >= 0.3 is 6.03 Å². The number of morpholine rings is 1. The number of ether oxygens (including phenoxy) is 1. The number of nitrogens with one attached hydrogen (secondary N) is 1. The topological polar surface area (TPSA) is 84.7 Å². The highest BCUT2D eigenvalue weighted by molar-refractivity contribution is 6.31. The zero-order chi connectivity index (χ0) is 16.6. The summed E-state index contributed by atoms with van der Waals surface area (Å²) in [5.41, 5.74) is 5.23. The van der Waals surface area contributed by atoms with Crippen molar-refractivity contribution >= 4 is 23.5 Å². The Kier molecular flexibility index (Phi) is 4.21. The molecule has 0 bridgehead atoms. The van der Waals surface area contributed by atoms with E-state index in [1.165, 1.54) is 0 Å². The van der Waals surface area contributed by atoms with E-state index in [2.05, 4.69) is 5.32 Å². The molecule has 3 N–H and O–H groups in total. The van der Waals surface area contributed by atoms with Crippen LogP contribution in [0.1, 0.15) is 31.4 Å². The second-order valence-electron chi connectivity index (χ2n) is 6.22. The SMILES string of the molecule is C[C@@H]1CO[C@H](c2ccccc2Cl)CN1C(=O)C1(NC(N)=O)CC1. The van der Waals surface area contributed by atoms with Crippen molar-refractivity contribution < 1.29 is 14.3 Å². The van der Waals surface area contributed by atoms with Gasteiger partial charge in [-0.15, -0.1) is 0 Å². The van der Waals surface area contributed by atoms with Crippen LogP contribution in [0.4, 0.5) is 4.79 Å². The molecule has 2 aliphatic rings. The van der Waals surface area contributed by atoms with Crippen LogP contribution in [-0.4, -0.2) is 41.6 Å². The first-order chi connectivity index (χ1) is 10.9. The average Bonchev–Trinajstić information content (AvgIpc) is 3.28. The maximum Gasteiger partial charge on any atom is 0.313 e. The number of nitrogens with two attached hydrogens (primary N) is 1. The molecule has 1 saturated heterocycles. The Morgan fingerprint density at radius 1 is 1.39 bits per heavy atom. The summed E-state index contributed by atoms with van der Waals surface area (Å²) >= 11 is 6.24. The van der Waals surface area contributed by atoms with Gasteiger partial charge in [0.05, 0.1) is 19.2 Å². The summed E-state index contributed by atoms with van der Waals surface area (Å²) in [6.07, 6.45) is 0.971. The maximum atomic E-state index is 12.9. The normalized spacial score (nSPS) is 25.7. The third-order valence-electron chi connectivity index (χ3n) is 4.47. The predicted molar refractivity (Wildman–Crippen MR) is 86.0 cm³/mol. The van der Waals surface area contributed by atoms with Crippen molar-refractivity contribution in [3.8, 4) is 0 Å². The summed E-state index contributed by atoms with van der Waals surface area (Å²) in [5.74, 6) is -0.0934. The Labute approximate surface area is 139 Å². The monoisotopic (exact) mass is 337 g/mol. The molecule has 3 rings (SSSR count). The first kappa shape index (κ1) is 16.1. The Balaban J connectivity index is 1.78. The van der Waals surface area contributed by atoms with Crippen molar-refractivity contribution in [1.29, 1.82) is 0 Å². The summed E-state index contributed by atoms with van der Waals surface area (Å²) in [7, 11) is 0. The third-order valence-corrected chi connectivity index (χ3v) is 4.81. The van der Waals surface area contributed by atoms with Gasteiger partial charge in [0.2, 0.25) is 5.91 Å². The Morgan fingerprint density at radius 2 is 2.09 bits per heavy atom. The zero-order valence-electron chi connectivity index (χ0n) is 12.9. The number of benzene rings is 1. The van der Waals surface area contributed by atoms with Crippen LogP contribution in [0, 0.1) is 0 Å². The highest BCUT2D eigenvalue weighted by atomic mass is 35.5. The molecule has 3 amide bonds. The van der Waals surface area contributed by atoms with E-state index in [0.717, 1.165) is 5.56 Å². The highest BCUT2D eigenvalue weighted by Gasteiger charge is 2.54. The molecule has 2 fully saturated rings. The lowest BCUT2D eigenvalue weighted by molar-refractivity contribution is -0.147. The second-order valence-corrected chi connectivity index (χ2v) is 6.63. The van der Waals surface area contributed by atoms with Crippen LogP contribution in [-0.2, 0) is 9.53 Å². The fourth-order valence-corrected chi connectivity index (χ4v) is 3.25. The van der Waals surface area contributed by atoms with Gasteiger partial charge in [-0.3, -0.25) is 4.79 Å². The lowest BCUT2D eigenvalue weighted by Gasteiger charge is -2.40. The van der Waals surface area contributed by atoms with Gasteiger partial charge in [-0.2, -0.15) is 0 Å². The summed E-state index contributed by atoms with van der Waals surface area (Å²) in [4.78, 5) is 25.8. The lowest BCUT2D eigenvalue weighted by Crippen LogP contribution is -2.57. The van der Waals surface area contributed by atoms with E-state index in [-0.39, 0.29) is 18.1 Å². The molecular weight excluding hydrogens is 318 g/mol. The van der Waals surface area contributed by atoms with E-state index >= 15 is 0 Å². The van der Waals surface area contributed by atoms with E-state index in [1.54, 1.807) is 4.90 Å². The summed E-state index contributed by atoms with van der Waals surface area (Å²) in [5, 5.41) is 3.22. The first-order valence-corrected chi connectivity index (χ1v) is 8.05. The number of urea groups is 1. The number of rotatable bonds is 3. The van der Waals surface area contributed by atoms with Crippen molar-refractivity contribution in [2.45, 2.75) is 37.5 Å². The van der Waals surface area contributed by atoms with Gasteiger partial charge in [-0.1, -0.05) is 29.8 Å². The van der Waals surface area contributed by atoms with Gasteiger partial charge in [0, 0.05) is 10.6 Å². The minimum atomic E-state index is -0.831. The van der Waals surface area contributed by atoms with Crippen LogP contribution in [0.5, 0.6) is 0 Å². The highest BCUT2D eigenvalue weighted by Crippen LogP contribution is 2.39. The van der Waals surface area contributed by atoms with Crippen LogP contribution in [0.2, 0.25) is 5.02 Å². The van der Waals surface area contributed by atoms with E-state index in [1.807, 2.05) is 31.2 Å². The Hall–Kier alpha value is -1.79. The van der Waals surface area contributed by atoms with Crippen molar-refractivity contribution in [3.63, 3.8) is 0 Å². The van der Waals surface area contributed by atoms with Crippen LogP contribution < -0.4 is 11.1 Å². The zero-order valence-corrected chi connectivity index (χ0v) is 13.7. The van der Waals surface area contributed by atoms with Crippen molar-refractivity contribution in [1.82, 2.24) is 10.2 Å². The van der Waals surface area contributed by atoms with E-state index in [9.17, 15) is 9.59 Å². The fourth-order valence-electron chi connectivity index (χ4n) is 2.99. The average molecular weight is 338 g/mol. The molecule has 0 radical (unpaired) electrons. The van der Waals surface area contributed by atoms with Gasteiger partial charge in [-0.25, -0.2) is 4.79 Å². The summed E-state index contributed by atoms with van der Waals surface area (Å²) in [6.45, 7) is 2.77.